The maximum atomic E-state index is 12.0. The molecule has 0 atom stereocenters. The molecule has 0 saturated carbocycles. The summed E-state index contributed by atoms with van der Waals surface area (Å²) in [6.07, 6.45) is -0.144. The molecule has 0 amide bonds. The van der Waals surface area contributed by atoms with Gasteiger partial charge in [0.25, 0.3) is 0 Å². The fraction of sp³-hybridized carbons (Fsp3) is 0.500. The zero-order valence-electron chi connectivity index (χ0n) is 7.05. The number of hydrogen-bond acceptors (Lipinski definition) is 0. The Morgan fingerprint density at radius 3 is 1.64 bits per heavy atom. The third-order valence-corrected chi connectivity index (χ3v) is 0.787. The first kappa shape index (κ1) is 12.9. The summed E-state index contributed by atoms with van der Waals surface area (Å²) in [5.41, 5.74) is 0. The molecule has 0 radical (unpaired) electrons. The van der Waals surface area contributed by atoms with Crippen LogP contribution in [0.15, 0.2) is 24.1 Å². The molecule has 0 aliphatic carbocycles. The molecule has 0 N–H and O–H groups in total. The average molecular weight is 166 g/mol. The van der Waals surface area contributed by atoms with Crippen molar-refractivity contribution < 1.29 is 13.2 Å². The molecule has 3 heteroatoms. The molecule has 0 aromatic carbocycles. The fourth-order valence-electron chi connectivity index (χ4n) is 0.302. The van der Waals surface area contributed by atoms with Crippen molar-refractivity contribution in [3.05, 3.63) is 24.1 Å². The van der Waals surface area contributed by atoms with Crippen LogP contribution in [-0.2, 0) is 0 Å². The monoisotopic (exact) mass is 166 g/mol. The molecule has 0 saturated heterocycles. The average Bonchev–Trinajstić information content (AvgIpc) is 2.05. The maximum Gasteiger partial charge on any atom is 0.189 e. The Hall–Kier alpha value is -0.730. The Morgan fingerprint density at radius 1 is 1.18 bits per heavy atom. The van der Waals surface area contributed by atoms with Crippen molar-refractivity contribution in [2.24, 2.45) is 0 Å². The van der Waals surface area contributed by atoms with Gasteiger partial charge in [0.1, 0.15) is 5.83 Å². The van der Waals surface area contributed by atoms with E-state index in [-0.39, 0.29) is 6.42 Å². The van der Waals surface area contributed by atoms with E-state index in [0.29, 0.717) is 0 Å². The van der Waals surface area contributed by atoms with Gasteiger partial charge in [0.15, 0.2) is 11.7 Å². The van der Waals surface area contributed by atoms with Crippen molar-refractivity contribution in [2.45, 2.75) is 27.2 Å². The quantitative estimate of drug-likeness (QED) is 0.543. The normalized spacial score (nSPS) is 11.1. The molecule has 0 bridgehead atoms. The summed E-state index contributed by atoms with van der Waals surface area (Å²) in [4.78, 5) is 0. The van der Waals surface area contributed by atoms with Crippen molar-refractivity contribution in [1.82, 2.24) is 0 Å². The van der Waals surface area contributed by atoms with E-state index in [4.69, 9.17) is 0 Å². The highest BCUT2D eigenvalue weighted by Crippen LogP contribution is 2.18. The Kier molecular flexibility index (Phi) is 8.65. The molecule has 0 rings (SSSR count). The molecule has 0 fully saturated rings. The predicted octanol–water partition coefficient (Wildman–Crippen LogP) is 4.06. The zero-order chi connectivity index (χ0) is 9.44. The van der Waals surface area contributed by atoms with Crippen LogP contribution >= 0.6 is 0 Å². The van der Waals surface area contributed by atoms with Gasteiger partial charge in [-0.3, -0.25) is 0 Å². The zero-order valence-corrected chi connectivity index (χ0v) is 7.05. The molecule has 0 aliphatic heterocycles. The lowest BCUT2D eigenvalue weighted by molar-refractivity contribution is 0.483. The topological polar surface area (TPSA) is 0 Å². The largest absolute Gasteiger partial charge is 0.209 e. The summed E-state index contributed by atoms with van der Waals surface area (Å²) in [7, 11) is 0. The van der Waals surface area contributed by atoms with Gasteiger partial charge < -0.3 is 0 Å². The first-order chi connectivity index (χ1) is 5.09. The Morgan fingerprint density at radius 2 is 1.55 bits per heavy atom. The van der Waals surface area contributed by atoms with Crippen LogP contribution in [0.4, 0.5) is 13.2 Å². The van der Waals surface area contributed by atoms with Crippen LogP contribution in [0.2, 0.25) is 0 Å². The number of halogens is 3. The summed E-state index contributed by atoms with van der Waals surface area (Å²) in [5, 5.41) is 0. The van der Waals surface area contributed by atoms with Crippen molar-refractivity contribution in [2.75, 3.05) is 0 Å². The fourth-order valence-corrected chi connectivity index (χ4v) is 0.302. The van der Waals surface area contributed by atoms with E-state index in [0.717, 1.165) is 0 Å². The summed E-state index contributed by atoms with van der Waals surface area (Å²) in [5.74, 6) is -3.92. The Bertz CT molecular complexity index is 147. The van der Waals surface area contributed by atoms with Crippen molar-refractivity contribution in [1.29, 1.82) is 0 Å². The van der Waals surface area contributed by atoms with E-state index in [1.807, 2.05) is 13.8 Å². The van der Waals surface area contributed by atoms with Crippen molar-refractivity contribution in [3.8, 4) is 0 Å². The third kappa shape index (κ3) is 5.70. The minimum Gasteiger partial charge on any atom is -0.209 e. The van der Waals surface area contributed by atoms with Gasteiger partial charge >= 0.3 is 0 Å². The lowest BCUT2D eigenvalue weighted by atomic mass is 10.3. The second kappa shape index (κ2) is 7.38. The highest BCUT2D eigenvalue weighted by atomic mass is 19.2. The van der Waals surface area contributed by atoms with Crippen LogP contribution in [0, 0.1) is 0 Å². The summed E-state index contributed by atoms with van der Waals surface area (Å²) < 4.78 is 35.6. The SMILES string of the molecule is C=C(F)/C(F)=C(/F)CC.CC. The molecule has 0 nitrogen and oxygen atoms in total. The highest BCUT2D eigenvalue weighted by molar-refractivity contribution is 5.17. The number of allylic oxidation sites excluding steroid dienone is 3. The molecule has 0 spiro atoms. The molecule has 0 heterocycles. The van der Waals surface area contributed by atoms with E-state index in [1.54, 1.807) is 0 Å². The van der Waals surface area contributed by atoms with Crippen LogP contribution < -0.4 is 0 Å². The lowest BCUT2D eigenvalue weighted by Crippen LogP contribution is -1.78. The standard InChI is InChI=1S/C6H7F3.C2H6/c1-3-5(8)6(9)4(2)7;1-2/h2-3H2,1H3;1-2H3/b6-5-;. The maximum absolute atomic E-state index is 12.0. The Balaban J connectivity index is 0. The van der Waals surface area contributed by atoms with Crippen LogP contribution in [0.25, 0.3) is 0 Å². The second-order valence-corrected chi connectivity index (χ2v) is 1.48. The van der Waals surface area contributed by atoms with Gasteiger partial charge in [0.2, 0.25) is 0 Å². The third-order valence-electron chi connectivity index (χ3n) is 0.787. The van der Waals surface area contributed by atoms with Gasteiger partial charge in [0.05, 0.1) is 0 Å². The molecule has 66 valence electrons. The smallest absolute Gasteiger partial charge is 0.189 e. The molecule has 0 aliphatic rings. The minimum atomic E-state index is -1.47. The minimum absolute atomic E-state index is 0.144. The predicted molar refractivity (Wildman–Crippen MR) is 41.1 cm³/mol. The second-order valence-electron chi connectivity index (χ2n) is 1.48. The highest BCUT2D eigenvalue weighted by Gasteiger charge is 2.06. The van der Waals surface area contributed by atoms with Crippen molar-refractivity contribution in [3.63, 3.8) is 0 Å². The van der Waals surface area contributed by atoms with Crippen LogP contribution in [-0.4, -0.2) is 0 Å². The first-order valence-electron chi connectivity index (χ1n) is 3.48. The van der Waals surface area contributed by atoms with Gasteiger partial charge in [-0.05, 0) is 6.42 Å². The molecular formula is C8H13F3. The summed E-state index contributed by atoms with van der Waals surface area (Å²) in [6.45, 7) is 7.97. The van der Waals surface area contributed by atoms with Gasteiger partial charge in [0, 0.05) is 0 Å². The van der Waals surface area contributed by atoms with Crippen LogP contribution in [0.3, 0.4) is 0 Å². The van der Waals surface area contributed by atoms with E-state index in [9.17, 15) is 13.2 Å². The number of rotatable bonds is 2. The summed E-state index contributed by atoms with van der Waals surface area (Å²) >= 11 is 0. The summed E-state index contributed by atoms with van der Waals surface area (Å²) in [6, 6.07) is 0. The van der Waals surface area contributed by atoms with E-state index in [2.05, 4.69) is 6.58 Å². The van der Waals surface area contributed by atoms with Crippen LogP contribution in [0.5, 0.6) is 0 Å². The molecule has 0 aromatic rings. The van der Waals surface area contributed by atoms with E-state index >= 15 is 0 Å². The lowest BCUT2D eigenvalue weighted by Gasteiger charge is -1.91. The van der Waals surface area contributed by atoms with Crippen LogP contribution in [0.1, 0.15) is 27.2 Å². The van der Waals surface area contributed by atoms with Gasteiger partial charge in [-0.1, -0.05) is 27.4 Å². The van der Waals surface area contributed by atoms with Gasteiger partial charge in [-0.25, -0.2) is 13.2 Å². The first-order valence-corrected chi connectivity index (χ1v) is 3.48. The molecule has 0 aromatic heterocycles. The van der Waals surface area contributed by atoms with E-state index in [1.165, 1.54) is 6.92 Å². The molecular weight excluding hydrogens is 153 g/mol. The number of hydrogen-bond donors (Lipinski definition) is 0. The van der Waals surface area contributed by atoms with Gasteiger partial charge in [-0.2, -0.15) is 0 Å². The van der Waals surface area contributed by atoms with Gasteiger partial charge in [-0.15, -0.1) is 0 Å². The van der Waals surface area contributed by atoms with Crippen molar-refractivity contribution >= 4 is 0 Å². The van der Waals surface area contributed by atoms with E-state index < -0.39 is 17.5 Å². The molecule has 11 heavy (non-hydrogen) atoms. The Labute approximate surface area is 65.4 Å². The molecule has 0 unspecified atom stereocenters.